The van der Waals surface area contributed by atoms with Crippen LogP contribution < -0.4 is 10.9 Å². The van der Waals surface area contributed by atoms with E-state index in [0.29, 0.717) is 42.1 Å². The Bertz CT molecular complexity index is 995. The lowest BCUT2D eigenvalue weighted by atomic mass is 10.0. The van der Waals surface area contributed by atoms with Crippen LogP contribution in [0.25, 0.3) is 10.9 Å². The summed E-state index contributed by atoms with van der Waals surface area (Å²) < 4.78 is 8.16. The molecule has 0 fully saturated rings. The number of nitrogens with one attached hydrogen (secondary N) is 1. The van der Waals surface area contributed by atoms with E-state index >= 15 is 0 Å². The fourth-order valence-electron chi connectivity index (χ4n) is 3.07. The fraction of sp³-hybridized carbons (Fsp3) is 0.400. The van der Waals surface area contributed by atoms with Crippen molar-refractivity contribution in [3.05, 3.63) is 53.1 Å². The van der Waals surface area contributed by atoms with E-state index in [0.717, 1.165) is 0 Å². The van der Waals surface area contributed by atoms with Gasteiger partial charge in [-0.25, -0.2) is 4.68 Å². The number of carbonyl (C=O) groups is 1. The highest BCUT2D eigenvalue weighted by atomic mass is 16.5. The molecule has 0 aliphatic carbocycles. The van der Waals surface area contributed by atoms with E-state index in [1.54, 1.807) is 25.3 Å². The lowest BCUT2D eigenvalue weighted by Gasteiger charge is -2.20. The first-order valence-electron chi connectivity index (χ1n) is 9.29. The predicted octanol–water partition coefficient (Wildman–Crippen LogP) is 2.47. The van der Waals surface area contributed by atoms with E-state index in [4.69, 9.17) is 4.74 Å². The maximum Gasteiger partial charge on any atom is 0.277 e. The lowest BCUT2D eigenvalue weighted by molar-refractivity contribution is -0.119. The number of ether oxygens (including phenoxy) is 1. The zero-order valence-electron chi connectivity index (χ0n) is 16.3. The normalized spacial score (nSPS) is 12.4. The molecule has 0 unspecified atom stereocenters. The van der Waals surface area contributed by atoms with Crippen LogP contribution in [0, 0.1) is 5.92 Å². The molecule has 1 N–H and O–H groups in total. The van der Waals surface area contributed by atoms with Crippen LogP contribution in [0.4, 0.5) is 5.69 Å². The summed E-state index contributed by atoms with van der Waals surface area (Å²) in [6, 6.07) is 8.55. The minimum absolute atomic E-state index is 0.119. The molecule has 0 saturated carbocycles. The molecule has 8 heteroatoms. The molecule has 1 aromatic carbocycles. The Labute approximate surface area is 163 Å². The van der Waals surface area contributed by atoms with Crippen molar-refractivity contribution in [1.29, 1.82) is 0 Å². The Morgan fingerprint density at radius 1 is 1.25 bits per heavy atom. The molecule has 0 saturated heterocycles. The Balaban J connectivity index is 1.87. The molecule has 0 aliphatic rings. The maximum atomic E-state index is 12.9. The summed E-state index contributed by atoms with van der Waals surface area (Å²) in [6.45, 7) is 4.85. The molecule has 1 amide bonds. The molecular weight excluding hydrogens is 358 g/mol. The molecule has 2 heterocycles. The van der Waals surface area contributed by atoms with Crippen molar-refractivity contribution in [2.45, 2.75) is 32.9 Å². The average molecular weight is 383 g/mol. The van der Waals surface area contributed by atoms with Gasteiger partial charge in [0.2, 0.25) is 5.91 Å². The summed E-state index contributed by atoms with van der Waals surface area (Å²) in [5, 5.41) is 11.3. The first kappa shape index (κ1) is 19.8. The molecule has 0 radical (unpaired) electrons. The summed E-state index contributed by atoms with van der Waals surface area (Å²) in [7, 11) is 1.56. The SMILES string of the molecule is COCCn1nnc2ccc(NC(=O)[C@@H](CC(C)C)n3cccc3)cc2c1=O. The van der Waals surface area contributed by atoms with Crippen LogP contribution >= 0.6 is 0 Å². The number of hydrogen-bond acceptors (Lipinski definition) is 5. The van der Waals surface area contributed by atoms with Crippen molar-refractivity contribution >= 4 is 22.5 Å². The predicted molar refractivity (Wildman–Crippen MR) is 107 cm³/mol. The topological polar surface area (TPSA) is 91.0 Å². The number of carbonyl (C=O) groups excluding carboxylic acids is 1. The van der Waals surface area contributed by atoms with Gasteiger partial charge in [0.05, 0.1) is 18.5 Å². The first-order chi connectivity index (χ1) is 13.5. The Morgan fingerprint density at radius 2 is 2.00 bits per heavy atom. The van der Waals surface area contributed by atoms with Gasteiger partial charge in [0, 0.05) is 25.2 Å². The number of rotatable bonds is 8. The minimum Gasteiger partial charge on any atom is -0.383 e. The maximum absolute atomic E-state index is 12.9. The van der Waals surface area contributed by atoms with Crippen LogP contribution in [0.3, 0.4) is 0 Å². The highest BCUT2D eigenvalue weighted by molar-refractivity contribution is 5.95. The molecule has 3 aromatic rings. The Morgan fingerprint density at radius 3 is 2.68 bits per heavy atom. The molecule has 0 aliphatic heterocycles. The zero-order valence-corrected chi connectivity index (χ0v) is 16.3. The number of hydrogen-bond donors (Lipinski definition) is 1. The Hall–Kier alpha value is -3.00. The van der Waals surface area contributed by atoms with E-state index in [2.05, 4.69) is 29.5 Å². The van der Waals surface area contributed by atoms with Crippen LogP contribution in [0.1, 0.15) is 26.3 Å². The molecule has 0 bridgehead atoms. The number of anilines is 1. The summed E-state index contributed by atoms with van der Waals surface area (Å²) in [5.74, 6) is 0.240. The van der Waals surface area contributed by atoms with Crippen molar-refractivity contribution in [2.24, 2.45) is 5.92 Å². The second-order valence-corrected chi connectivity index (χ2v) is 7.11. The fourth-order valence-corrected chi connectivity index (χ4v) is 3.07. The van der Waals surface area contributed by atoms with Gasteiger partial charge in [-0.1, -0.05) is 19.1 Å². The number of amides is 1. The minimum atomic E-state index is -0.320. The molecule has 148 valence electrons. The van der Waals surface area contributed by atoms with E-state index in [1.165, 1.54) is 4.68 Å². The van der Waals surface area contributed by atoms with Crippen molar-refractivity contribution < 1.29 is 9.53 Å². The lowest BCUT2D eigenvalue weighted by Crippen LogP contribution is -2.27. The van der Waals surface area contributed by atoms with Crippen molar-refractivity contribution in [3.8, 4) is 0 Å². The third-order valence-corrected chi connectivity index (χ3v) is 4.48. The van der Waals surface area contributed by atoms with Gasteiger partial charge in [0.1, 0.15) is 11.6 Å². The van der Waals surface area contributed by atoms with Gasteiger partial charge in [-0.05, 0) is 42.7 Å². The molecule has 2 aromatic heterocycles. The first-order valence-corrected chi connectivity index (χ1v) is 9.29. The van der Waals surface area contributed by atoms with Gasteiger partial charge < -0.3 is 14.6 Å². The third-order valence-electron chi connectivity index (χ3n) is 4.48. The summed E-state index contributed by atoms with van der Waals surface area (Å²) in [4.78, 5) is 25.5. The summed E-state index contributed by atoms with van der Waals surface area (Å²) in [5.41, 5.74) is 0.782. The van der Waals surface area contributed by atoms with Crippen molar-refractivity contribution in [2.75, 3.05) is 19.0 Å². The van der Waals surface area contributed by atoms with Crippen LogP contribution in [-0.4, -0.2) is 39.2 Å². The standard InChI is InChI=1S/C20H25N5O3/c1-14(2)12-18(24-8-4-5-9-24)19(26)21-15-6-7-17-16(13-15)20(27)25(23-22-17)10-11-28-3/h4-9,13-14,18H,10-12H2,1-3H3,(H,21,26)/t18-/m1/s1. The van der Waals surface area contributed by atoms with Gasteiger partial charge in [0.25, 0.3) is 5.56 Å². The van der Waals surface area contributed by atoms with Crippen LogP contribution in [0.15, 0.2) is 47.5 Å². The summed E-state index contributed by atoms with van der Waals surface area (Å²) in [6.07, 6.45) is 4.48. The van der Waals surface area contributed by atoms with E-state index in [9.17, 15) is 9.59 Å². The molecule has 3 rings (SSSR count). The van der Waals surface area contributed by atoms with Crippen molar-refractivity contribution in [3.63, 3.8) is 0 Å². The zero-order chi connectivity index (χ0) is 20.1. The largest absolute Gasteiger partial charge is 0.383 e. The molecular formula is C20H25N5O3. The van der Waals surface area contributed by atoms with Gasteiger partial charge >= 0.3 is 0 Å². The average Bonchev–Trinajstić information content (AvgIpc) is 3.20. The number of methoxy groups -OCH3 is 1. The monoisotopic (exact) mass is 383 g/mol. The van der Waals surface area contributed by atoms with Crippen LogP contribution in [-0.2, 0) is 16.1 Å². The van der Waals surface area contributed by atoms with Crippen LogP contribution in [0.5, 0.6) is 0 Å². The van der Waals surface area contributed by atoms with Gasteiger partial charge in [-0.3, -0.25) is 9.59 Å². The second-order valence-electron chi connectivity index (χ2n) is 7.11. The molecule has 8 nitrogen and oxygen atoms in total. The highest BCUT2D eigenvalue weighted by Crippen LogP contribution is 2.21. The number of nitrogens with zero attached hydrogens (tertiary/aromatic N) is 4. The number of benzene rings is 1. The molecule has 28 heavy (non-hydrogen) atoms. The second kappa shape index (κ2) is 8.79. The quantitative estimate of drug-likeness (QED) is 0.645. The van der Waals surface area contributed by atoms with E-state index in [-0.39, 0.29) is 17.5 Å². The van der Waals surface area contributed by atoms with Gasteiger partial charge in [-0.2, -0.15) is 0 Å². The number of aromatic nitrogens is 4. The van der Waals surface area contributed by atoms with Gasteiger partial charge in [-0.15, -0.1) is 5.10 Å². The smallest absolute Gasteiger partial charge is 0.277 e. The Kier molecular flexibility index (Phi) is 6.20. The third kappa shape index (κ3) is 4.45. The van der Waals surface area contributed by atoms with E-state index in [1.807, 2.05) is 29.1 Å². The molecule has 0 spiro atoms. The summed E-state index contributed by atoms with van der Waals surface area (Å²) >= 11 is 0. The number of fused-ring (bicyclic) bond motifs is 1. The van der Waals surface area contributed by atoms with Crippen molar-refractivity contribution in [1.82, 2.24) is 19.6 Å². The van der Waals surface area contributed by atoms with Crippen LogP contribution in [0.2, 0.25) is 0 Å². The van der Waals surface area contributed by atoms with E-state index < -0.39 is 0 Å². The molecule has 1 atom stereocenters. The van der Waals surface area contributed by atoms with Gasteiger partial charge in [0.15, 0.2) is 0 Å². The highest BCUT2D eigenvalue weighted by Gasteiger charge is 2.21.